The molecule has 32 heavy (non-hydrogen) atoms. The first-order chi connectivity index (χ1) is 15.5. The van der Waals surface area contributed by atoms with Gasteiger partial charge in [0.15, 0.2) is 0 Å². The zero-order chi connectivity index (χ0) is 22.9. The molecule has 0 radical (unpaired) electrons. The molecule has 2 aromatic rings. The molecular weight excluding hydrogens is 400 g/mol. The van der Waals surface area contributed by atoms with Gasteiger partial charge >= 0.3 is 0 Å². The number of ether oxygens (including phenoxy) is 1. The van der Waals surface area contributed by atoms with Crippen LogP contribution in [0, 0.1) is 6.92 Å². The van der Waals surface area contributed by atoms with Crippen LogP contribution in [0.5, 0.6) is 5.75 Å². The normalized spacial score (nSPS) is 14.7. The monoisotopic (exact) mass is 436 g/mol. The van der Waals surface area contributed by atoms with Gasteiger partial charge in [0.1, 0.15) is 11.8 Å². The van der Waals surface area contributed by atoms with E-state index in [9.17, 15) is 9.59 Å². The molecule has 0 aromatic heterocycles. The molecule has 0 aliphatic heterocycles. The van der Waals surface area contributed by atoms with E-state index in [2.05, 4.69) is 36.5 Å². The van der Waals surface area contributed by atoms with Crippen molar-refractivity contribution in [1.29, 1.82) is 0 Å². The van der Waals surface area contributed by atoms with Gasteiger partial charge in [0, 0.05) is 19.0 Å². The minimum absolute atomic E-state index is 0.00909. The van der Waals surface area contributed by atoms with Crippen LogP contribution in [0.3, 0.4) is 0 Å². The molecule has 0 heterocycles. The number of carbonyl (C=O) groups is 2. The molecule has 2 aromatic carbocycles. The van der Waals surface area contributed by atoms with E-state index in [-0.39, 0.29) is 17.9 Å². The Kier molecular flexibility index (Phi) is 8.72. The third-order valence-electron chi connectivity index (χ3n) is 6.35. The molecule has 1 N–H and O–H groups in total. The van der Waals surface area contributed by atoms with Crippen LogP contribution in [0.1, 0.15) is 62.1 Å². The van der Waals surface area contributed by atoms with Gasteiger partial charge < -0.3 is 15.0 Å². The number of hydrogen-bond acceptors (Lipinski definition) is 3. The Labute approximate surface area is 192 Å². The molecule has 0 bridgehead atoms. The van der Waals surface area contributed by atoms with E-state index < -0.39 is 6.04 Å². The number of benzene rings is 2. The first-order valence-electron chi connectivity index (χ1n) is 11.8. The second-order valence-corrected chi connectivity index (χ2v) is 8.77. The van der Waals surface area contributed by atoms with Gasteiger partial charge in [0.2, 0.25) is 11.8 Å². The predicted molar refractivity (Wildman–Crippen MR) is 128 cm³/mol. The van der Waals surface area contributed by atoms with E-state index in [1.807, 2.05) is 31.2 Å². The maximum absolute atomic E-state index is 13.4. The predicted octanol–water partition coefficient (Wildman–Crippen LogP) is 4.80. The van der Waals surface area contributed by atoms with Crippen LogP contribution in [0.25, 0.3) is 0 Å². The summed E-state index contributed by atoms with van der Waals surface area (Å²) in [6, 6.07) is 15.7. The Hall–Kier alpha value is -2.82. The van der Waals surface area contributed by atoms with Gasteiger partial charge in [0.25, 0.3) is 0 Å². The van der Waals surface area contributed by atoms with Crippen molar-refractivity contribution in [2.75, 3.05) is 7.11 Å². The zero-order valence-electron chi connectivity index (χ0n) is 19.6. The molecule has 172 valence electrons. The number of methoxy groups -OCH3 is 1. The fourth-order valence-corrected chi connectivity index (χ4v) is 4.36. The SMILES string of the molecule is CCC(C(=O)NC1CCCC1)N(Cc1ccc(OC)cc1)C(=O)CCc1ccc(C)cc1. The zero-order valence-corrected chi connectivity index (χ0v) is 19.6. The molecule has 1 aliphatic carbocycles. The third-order valence-corrected chi connectivity index (χ3v) is 6.35. The number of carbonyl (C=O) groups excluding carboxylic acids is 2. The van der Waals surface area contributed by atoms with Gasteiger partial charge in [-0.05, 0) is 55.9 Å². The average Bonchev–Trinajstić information content (AvgIpc) is 3.31. The van der Waals surface area contributed by atoms with Gasteiger partial charge in [-0.15, -0.1) is 0 Å². The Morgan fingerprint density at radius 3 is 2.25 bits per heavy atom. The first kappa shape index (κ1) is 23.8. The summed E-state index contributed by atoms with van der Waals surface area (Å²) in [6.45, 7) is 4.45. The first-order valence-corrected chi connectivity index (χ1v) is 11.8. The third kappa shape index (κ3) is 6.59. The molecule has 5 nitrogen and oxygen atoms in total. The largest absolute Gasteiger partial charge is 0.497 e. The van der Waals surface area contributed by atoms with E-state index >= 15 is 0 Å². The smallest absolute Gasteiger partial charge is 0.243 e. The highest BCUT2D eigenvalue weighted by atomic mass is 16.5. The lowest BCUT2D eigenvalue weighted by Crippen LogP contribution is -2.51. The highest BCUT2D eigenvalue weighted by Crippen LogP contribution is 2.21. The number of rotatable bonds is 10. The van der Waals surface area contributed by atoms with Gasteiger partial charge in [0.05, 0.1) is 7.11 Å². The van der Waals surface area contributed by atoms with Crippen molar-refractivity contribution in [3.05, 3.63) is 65.2 Å². The topological polar surface area (TPSA) is 58.6 Å². The van der Waals surface area contributed by atoms with Crippen molar-refractivity contribution >= 4 is 11.8 Å². The Bertz CT molecular complexity index is 871. The van der Waals surface area contributed by atoms with Gasteiger partial charge in [-0.1, -0.05) is 61.7 Å². The maximum atomic E-state index is 13.4. The number of hydrogen-bond donors (Lipinski definition) is 1. The van der Waals surface area contributed by atoms with E-state index in [0.29, 0.717) is 25.8 Å². The van der Waals surface area contributed by atoms with E-state index in [1.165, 1.54) is 5.56 Å². The summed E-state index contributed by atoms with van der Waals surface area (Å²) < 4.78 is 5.25. The van der Waals surface area contributed by atoms with Gasteiger partial charge in [-0.3, -0.25) is 9.59 Å². The second-order valence-electron chi connectivity index (χ2n) is 8.77. The van der Waals surface area contributed by atoms with Crippen molar-refractivity contribution in [2.24, 2.45) is 0 Å². The molecule has 1 aliphatic rings. The summed E-state index contributed by atoms with van der Waals surface area (Å²) in [7, 11) is 1.64. The standard InChI is InChI=1S/C27H36N2O3/c1-4-25(27(31)28-23-7-5-6-8-23)29(19-22-13-16-24(32-3)17-14-22)26(30)18-15-21-11-9-20(2)10-12-21/h9-14,16-17,23,25H,4-8,15,18-19H2,1-3H3,(H,28,31). The summed E-state index contributed by atoms with van der Waals surface area (Å²) in [6.07, 6.45) is 6.01. The molecule has 5 heteroatoms. The summed E-state index contributed by atoms with van der Waals surface area (Å²) in [5.74, 6) is 0.753. The number of nitrogens with zero attached hydrogens (tertiary/aromatic N) is 1. The lowest BCUT2D eigenvalue weighted by atomic mass is 10.0. The highest BCUT2D eigenvalue weighted by molar-refractivity contribution is 5.88. The van der Waals surface area contributed by atoms with Crippen LogP contribution >= 0.6 is 0 Å². The van der Waals surface area contributed by atoms with Gasteiger partial charge in [-0.2, -0.15) is 0 Å². The molecule has 1 saturated carbocycles. The lowest BCUT2D eigenvalue weighted by molar-refractivity contribution is -0.141. The Balaban J connectivity index is 1.74. The lowest BCUT2D eigenvalue weighted by Gasteiger charge is -2.31. The summed E-state index contributed by atoms with van der Waals surface area (Å²) in [4.78, 5) is 28.3. The average molecular weight is 437 g/mol. The van der Waals surface area contributed by atoms with Crippen molar-refractivity contribution in [2.45, 2.75) is 77.4 Å². The summed E-state index contributed by atoms with van der Waals surface area (Å²) in [5.41, 5.74) is 3.33. The van der Waals surface area contributed by atoms with Crippen LogP contribution in [0.2, 0.25) is 0 Å². The molecule has 1 atom stereocenters. The fourth-order valence-electron chi connectivity index (χ4n) is 4.36. The van der Waals surface area contributed by atoms with E-state index in [0.717, 1.165) is 42.6 Å². The van der Waals surface area contributed by atoms with Gasteiger partial charge in [-0.25, -0.2) is 0 Å². The molecule has 1 fully saturated rings. The quantitative estimate of drug-likeness (QED) is 0.582. The minimum atomic E-state index is -0.469. The number of nitrogens with one attached hydrogen (secondary N) is 1. The van der Waals surface area contributed by atoms with Crippen molar-refractivity contribution < 1.29 is 14.3 Å². The van der Waals surface area contributed by atoms with Crippen LogP contribution in [-0.4, -0.2) is 35.9 Å². The molecular formula is C27H36N2O3. The van der Waals surface area contributed by atoms with E-state index in [4.69, 9.17) is 4.74 Å². The molecule has 1 unspecified atom stereocenters. The van der Waals surface area contributed by atoms with Crippen LogP contribution in [-0.2, 0) is 22.6 Å². The van der Waals surface area contributed by atoms with Crippen LogP contribution in [0.15, 0.2) is 48.5 Å². The molecule has 0 spiro atoms. The van der Waals surface area contributed by atoms with E-state index in [1.54, 1.807) is 12.0 Å². The molecule has 2 amide bonds. The highest BCUT2D eigenvalue weighted by Gasteiger charge is 2.30. The maximum Gasteiger partial charge on any atom is 0.243 e. The molecule has 0 saturated heterocycles. The Morgan fingerprint density at radius 2 is 1.66 bits per heavy atom. The Morgan fingerprint density at radius 1 is 1.03 bits per heavy atom. The molecule has 3 rings (SSSR count). The van der Waals surface area contributed by atoms with Crippen LogP contribution < -0.4 is 10.1 Å². The fraction of sp³-hybridized carbons (Fsp3) is 0.481. The summed E-state index contributed by atoms with van der Waals surface area (Å²) in [5, 5.41) is 3.20. The number of amides is 2. The van der Waals surface area contributed by atoms with Crippen molar-refractivity contribution in [1.82, 2.24) is 10.2 Å². The second kappa shape index (κ2) is 11.7. The van der Waals surface area contributed by atoms with Crippen molar-refractivity contribution in [3.63, 3.8) is 0 Å². The van der Waals surface area contributed by atoms with Crippen molar-refractivity contribution in [3.8, 4) is 5.75 Å². The summed E-state index contributed by atoms with van der Waals surface area (Å²) >= 11 is 0. The minimum Gasteiger partial charge on any atom is -0.497 e. The van der Waals surface area contributed by atoms with Crippen LogP contribution in [0.4, 0.5) is 0 Å². The number of aryl methyl sites for hydroxylation is 2.